The lowest BCUT2D eigenvalue weighted by atomic mass is 10.1. The number of carbonyl (C=O) groups excluding carboxylic acids is 1. The Balaban J connectivity index is 2.45. The second-order valence-corrected chi connectivity index (χ2v) is 4.02. The molecule has 0 radical (unpaired) electrons. The number of rotatable bonds is 5. The van der Waals surface area contributed by atoms with Crippen LogP contribution in [0.2, 0.25) is 0 Å². The summed E-state index contributed by atoms with van der Waals surface area (Å²) in [6.45, 7) is 2.66. The maximum atomic E-state index is 11.6. The molecule has 1 rings (SSSR count). The van der Waals surface area contributed by atoms with Gasteiger partial charge in [-0.15, -0.1) is 11.3 Å². The van der Waals surface area contributed by atoms with Gasteiger partial charge in [-0.1, -0.05) is 0 Å². The molecule has 0 aromatic carbocycles. The minimum atomic E-state index is 0.265. The largest absolute Gasteiger partial charge is 0.330 e. The first-order valence-electron chi connectivity index (χ1n) is 4.53. The summed E-state index contributed by atoms with van der Waals surface area (Å²) < 4.78 is 0. The van der Waals surface area contributed by atoms with Gasteiger partial charge in [0, 0.05) is 6.42 Å². The van der Waals surface area contributed by atoms with Crippen LogP contribution in [0, 0.1) is 6.92 Å². The number of nitrogens with two attached hydrogens (primary N) is 1. The van der Waals surface area contributed by atoms with Gasteiger partial charge in [0.2, 0.25) is 0 Å². The SMILES string of the molecule is Cc1ccsc1C(=O)CCCCN. The highest BCUT2D eigenvalue weighted by Crippen LogP contribution is 2.18. The first-order valence-corrected chi connectivity index (χ1v) is 5.41. The smallest absolute Gasteiger partial charge is 0.173 e. The van der Waals surface area contributed by atoms with Crippen molar-refractivity contribution >= 4 is 17.1 Å². The number of carbonyl (C=O) groups is 1. The van der Waals surface area contributed by atoms with E-state index in [2.05, 4.69) is 0 Å². The fraction of sp³-hybridized carbons (Fsp3) is 0.500. The molecule has 1 heterocycles. The third kappa shape index (κ3) is 2.94. The summed E-state index contributed by atoms with van der Waals surface area (Å²) in [5.41, 5.74) is 6.45. The Bertz CT molecular complexity index is 280. The summed E-state index contributed by atoms with van der Waals surface area (Å²) in [5.74, 6) is 0.265. The van der Waals surface area contributed by atoms with Crippen molar-refractivity contribution in [2.24, 2.45) is 5.73 Å². The van der Waals surface area contributed by atoms with Crippen molar-refractivity contribution in [3.05, 3.63) is 21.9 Å². The minimum absolute atomic E-state index is 0.265. The third-order valence-corrected chi connectivity index (χ3v) is 3.03. The number of hydrogen-bond donors (Lipinski definition) is 1. The minimum Gasteiger partial charge on any atom is -0.330 e. The molecular weight excluding hydrogens is 182 g/mol. The third-order valence-electron chi connectivity index (χ3n) is 1.97. The molecule has 3 heteroatoms. The van der Waals surface area contributed by atoms with Gasteiger partial charge in [-0.25, -0.2) is 0 Å². The molecule has 0 unspecified atom stereocenters. The van der Waals surface area contributed by atoms with E-state index in [-0.39, 0.29) is 5.78 Å². The van der Waals surface area contributed by atoms with Gasteiger partial charge in [0.15, 0.2) is 5.78 Å². The summed E-state index contributed by atoms with van der Waals surface area (Å²) in [6.07, 6.45) is 2.49. The molecule has 0 fully saturated rings. The quantitative estimate of drug-likeness (QED) is 0.581. The molecule has 0 saturated carbocycles. The van der Waals surface area contributed by atoms with Crippen molar-refractivity contribution in [3.8, 4) is 0 Å². The van der Waals surface area contributed by atoms with E-state index in [4.69, 9.17) is 5.73 Å². The van der Waals surface area contributed by atoms with Crippen molar-refractivity contribution in [2.45, 2.75) is 26.2 Å². The molecule has 1 aromatic heterocycles. The van der Waals surface area contributed by atoms with Crippen LogP contribution in [0.5, 0.6) is 0 Å². The lowest BCUT2D eigenvalue weighted by Gasteiger charge is -1.98. The number of Topliss-reactive ketones (excluding diaryl/α,β-unsaturated/α-hetero) is 1. The van der Waals surface area contributed by atoms with Gasteiger partial charge in [-0.2, -0.15) is 0 Å². The van der Waals surface area contributed by atoms with Crippen LogP contribution in [0.25, 0.3) is 0 Å². The fourth-order valence-electron chi connectivity index (χ4n) is 1.20. The van der Waals surface area contributed by atoms with Crippen molar-refractivity contribution < 1.29 is 4.79 Å². The molecule has 0 atom stereocenters. The molecule has 0 amide bonds. The molecule has 1 aromatic rings. The average Bonchev–Trinajstić information content (AvgIpc) is 2.52. The molecular formula is C10H15NOS. The molecule has 0 aliphatic rings. The number of thiophene rings is 1. The van der Waals surface area contributed by atoms with Gasteiger partial charge in [-0.3, -0.25) is 4.79 Å². The Labute approximate surface area is 82.8 Å². The topological polar surface area (TPSA) is 43.1 Å². The second-order valence-electron chi connectivity index (χ2n) is 3.10. The van der Waals surface area contributed by atoms with E-state index in [1.165, 1.54) is 11.3 Å². The predicted octanol–water partition coefficient (Wildman–Crippen LogP) is 2.37. The molecule has 13 heavy (non-hydrogen) atoms. The Hall–Kier alpha value is -0.670. The maximum Gasteiger partial charge on any atom is 0.173 e. The van der Waals surface area contributed by atoms with Crippen LogP contribution in [0.15, 0.2) is 11.4 Å². The Morgan fingerprint density at radius 3 is 2.85 bits per heavy atom. The van der Waals surface area contributed by atoms with Gasteiger partial charge >= 0.3 is 0 Å². The zero-order chi connectivity index (χ0) is 9.68. The summed E-state index contributed by atoms with van der Waals surface area (Å²) in [6, 6.07) is 1.99. The van der Waals surface area contributed by atoms with Crippen LogP contribution in [0.3, 0.4) is 0 Å². The van der Waals surface area contributed by atoms with Crippen molar-refractivity contribution in [1.82, 2.24) is 0 Å². The average molecular weight is 197 g/mol. The Morgan fingerprint density at radius 1 is 1.54 bits per heavy atom. The zero-order valence-corrected chi connectivity index (χ0v) is 8.69. The highest BCUT2D eigenvalue weighted by atomic mass is 32.1. The number of unbranched alkanes of at least 4 members (excludes halogenated alkanes) is 1. The van der Waals surface area contributed by atoms with Crippen molar-refractivity contribution in [2.75, 3.05) is 6.54 Å². The first kappa shape index (κ1) is 10.4. The van der Waals surface area contributed by atoms with Gasteiger partial charge in [-0.05, 0) is 43.3 Å². The normalized spacial score (nSPS) is 10.3. The lowest BCUT2D eigenvalue weighted by molar-refractivity contribution is 0.0983. The van der Waals surface area contributed by atoms with Crippen LogP contribution in [-0.2, 0) is 0 Å². The van der Waals surface area contributed by atoms with Gasteiger partial charge in [0.1, 0.15) is 0 Å². The Morgan fingerprint density at radius 2 is 2.31 bits per heavy atom. The van der Waals surface area contributed by atoms with Crippen LogP contribution < -0.4 is 5.73 Å². The summed E-state index contributed by atoms with van der Waals surface area (Å²) in [5, 5.41) is 1.96. The van der Waals surface area contributed by atoms with E-state index in [1.54, 1.807) is 0 Å². The van der Waals surface area contributed by atoms with Crippen LogP contribution >= 0.6 is 11.3 Å². The summed E-state index contributed by atoms with van der Waals surface area (Å²) in [7, 11) is 0. The lowest BCUT2D eigenvalue weighted by Crippen LogP contribution is -2.02. The standard InChI is InChI=1S/C10H15NOS/c1-8-5-7-13-10(8)9(12)4-2-3-6-11/h5,7H,2-4,6,11H2,1H3. The monoisotopic (exact) mass is 197 g/mol. The molecule has 2 nitrogen and oxygen atoms in total. The van der Waals surface area contributed by atoms with E-state index in [1.807, 2.05) is 18.4 Å². The zero-order valence-electron chi connectivity index (χ0n) is 7.88. The number of hydrogen-bond acceptors (Lipinski definition) is 3. The van der Waals surface area contributed by atoms with E-state index >= 15 is 0 Å². The predicted molar refractivity (Wildman–Crippen MR) is 56.3 cm³/mol. The van der Waals surface area contributed by atoms with Gasteiger partial charge in [0.25, 0.3) is 0 Å². The highest BCUT2D eigenvalue weighted by Gasteiger charge is 2.09. The summed E-state index contributed by atoms with van der Waals surface area (Å²) in [4.78, 5) is 12.5. The molecule has 0 spiro atoms. The first-order chi connectivity index (χ1) is 6.25. The molecule has 72 valence electrons. The fourth-order valence-corrected chi connectivity index (χ4v) is 2.10. The number of ketones is 1. The van der Waals surface area contributed by atoms with Crippen LogP contribution in [-0.4, -0.2) is 12.3 Å². The van der Waals surface area contributed by atoms with E-state index < -0.39 is 0 Å². The highest BCUT2D eigenvalue weighted by molar-refractivity contribution is 7.12. The molecule has 0 bridgehead atoms. The Kier molecular flexibility index (Phi) is 4.12. The van der Waals surface area contributed by atoms with Crippen LogP contribution in [0.4, 0.5) is 0 Å². The molecule has 0 saturated heterocycles. The summed E-state index contributed by atoms with van der Waals surface area (Å²) >= 11 is 1.53. The van der Waals surface area contributed by atoms with E-state index in [9.17, 15) is 4.79 Å². The van der Waals surface area contributed by atoms with Gasteiger partial charge < -0.3 is 5.73 Å². The van der Waals surface area contributed by atoms with E-state index in [0.29, 0.717) is 13.0 Å². The second kappa shape index (κ2) is 5.14. The molecule has 0 aliphatic heterocycles. The maximum absolute atomic E-state index is 11.6. The molecule has 0 aliphatic carbocycles. The number of aryl methyl sites for hydroxylation is 1. The van der Waals surface area contributed by atoms with E-state index in [0.717, 1.165) is 23.3 Å². The van der Waals surface area contributed by atoms with Crippen molar-refractivity contribution in [1.29, 1.82) is 0 Å². The molecule has 2 N–H and O–H groups in total. The van der Waals surface area contributed by atoms with Crippen molar-refractivity contribution in [3.63, 3.8) is 0 Å². The van der Waals surface area contributed by atoms with Gasteiger partial charge in [0.05, 0.1) is 4.88 Å². The van der Waals surface area contributed by atoms with Crippen LogP contribution in [0.1, 0.15) is 34.5 Å².